The molecule has 0 aromatic heterocycles. The van der Waals surface area contributed by atoms with E-state index >= 15 is 0 Å². The molecule has 1 aliphatic heterocycles. The number of hydrogen-bond acceptors (Lipinski definition) is 2. The number of aryl methyl sites for hydroxylation is 1. The van der Waals surface area contributed by atoms with Gasteiger partial charge in [0.25, 0.3) is 0 Å². The Balaban J connectivity index is 0.00000220. The summed E-state index contributed by atoms with van der Waals surface area (Å²) in [5, 5.41) is 6.44. The topological polar surface area (TPSA) is 41.1 Å². The fraction of sp³-hybridized carbons (Fsp3) is 0.562. The van der Waals surface area contributed by atoms with Crippen LogP contribution in [0.4, 0.5) is 5.69 Å². The summed E-state index contributed by atoms with van der Waals surface area (Å²) in [6, 6.07) is 6.05. The number of piperidine rings is 1. The van der Waals surface area contributed by atoms with Gasteiger partial charge in [0.1, 0.15) is 0 Å². The molecule has 0 saturated carbocycles. The minimum absolute atomic E-state index is 0. The lowest BCUT2D eigenvalue weighted by molar-refractivity contribution is -0.117. The van der Waals surface area contributed by atoms with Crippen molar-refractivity contribution in [1.29, 1.82) is 0 Å². The second-order valence-electron chi connectivity index (χ2n) is 5.80. The summed E-state index contributed by atoms with van der Waals surface area (Å²) in [5.41, 5.74) is 2.14. The fourth-order valence-electron chi connectivity index (χ4n) is 2.71. The molecule has 3 nitrogen and oxygen atoms in total. The average Bonchev–Trinajstić information content (AvgIpc) is 2.44. The van der Waals surface area contributed by atoms with E-state index in [1.54, 1.807) is 0 Å². The van der Waals surface area contributed by atoms with E-state index in [9.17, 15) is 4.79 Å². The molecule has 5 heteroatoms. The summed E-state index contributed by atoms with van der Waals surface area (Å²) in [4.78, 5) is 12.1. The highest BCUT2D eigenvalue weighted by atomic mass is 127. The van der Waals surface area contributed by atoms with Crippen LogP contribution in [0.1, 0.15) is 31.7 Å². The second kappa shape index (κ2) is 8.96. The van der Waals surface area contributed by atoms with Crippen LogP contribution in [-0.2, 0) is 4.79 Å². The Morgan fingerprint density at radius 2 is 2.29 bits per heavy atom. The summed E-state index contributed by atoms with van der Waals surface area (Å²) in [6.45, 7) is 6.44. The highest BCUT2D eigenvalue weighted by molar-refractivity contribution is 14.1. The molecule has 1 aromatic carbocycles. The molecule has 1 fully saturated rings. The molecule has 2 unspecified atom stereocenters. The van der Waals surface area contributed by atoms with E-state index in [2.05, 4.69) is 47.1 Å². The van der Waals surface area contributed by atoms with Crippen molar-refractivity contribution in [3.05, 3.63) is 27.3 Å². The molecule has 0 spiro atoms. The molecule has 2 N–H and O–H groups in total. The van der Waals surface area contributed by atoms with Crippen LogP contribution in [0, 0.1) is 22.3 Å². The summed E-state index contributed by atoms with van der Waals surface area (Å²) in [7, 11) is 0. The Labute approximate surface area is 147 Å². The highest BCUT2D eigenvalue weighted by Gasteiger charge is 2.22. The third-order valence-corrected chi connectivity index (χ3v) is 5.26. The van der Waals surface area contributed by atoms with Gasteiger partial charge in [-0.05, 0) is 85.0 Å². The van der Waals surface area contributed by atoms with Crippen LogP contribution in [0.3, 0.4) is 0 Å². The Morgan fingerprint density at radius 1 is 1.52 bits per heavy atom. The van der Waals surface area contributed by atoms with Gasteiger partial charge in [0.15, 0.2) is 0 Å². The lowest BCUT2D eigenvalue weighted by Crippen LogP contribution is -2.34. The number of benzene rings is 1. The first-order chi connectivity index (χ1) is 9.56. The number of halogens is 2. The van der Waals surface area contributed by atoms with Crippen molar-refractivity contribution < 1.29 is 4.79 Å². The summed E-state index contributed by atoms with van der Waals surface area (Å²) < 4.78 is 1.19. The molecule has 1 amide bonds. The maximum Gasteiger partial charge on any atom is 0.224 e. The molecule has 2 rings (SSSR count). The van der Waals surface area contributed by atoms with Crippen LogP contribution in [0.25, 0.3) is 0 Å². The molecular weight excluding hydrogens is 399 g/mol. The first kappa shape index (κ1) is 18.7. The molecule has 0 radical (unpaired) electrons. The van der Waals surface area contributed by atoms with Crippen molar-refractivity contribution in [1.82, 2.24) is 5.32 Å². The van der Waals surface area contributed by atoms with E-state index in [4.69, 9.17) is 0 Å². The summed E-state index contributed by atoms with van der Waals surface area (Å²) in [5.74, 6) is 1.20. The van der Waals surface area contributed by atoms with Gasteiger partial charge in [0.2, 0.25) is 5.91 Å². The number of hydrogen-bond donors (Lipinski definition) is 2. The van der Waals surface area contributed by atoms with E-state index < -0.39 is 0 Å². The van der Waals surface area contributed by atoms with Gasteiger partial charge in [-0.2, -0.15) is 0 Å². The van der Waals surface area contributed by atoms with Crippen LogP contribution in [0.2, 0.25) is 0 Å². The number of carbonyl (C=O) groups excluding carboxylic acids is 1. The van der Waals surface area contributed by atoms with E-state index in [-0.39, 0.29) is 18.3 Å². The smallest absolute Gasteiger partial charge is 0.224 e. The van der Waals surface area contributed by atoms with E-state index in [0.29, 0.717) is 18.3 Å². The minimum Gasteiger partial charge on any atom is -0.326 e. The standard InChI is InChI=1S/C16H23IN2O.ClH/c1-11-5-6-14(9-15(11)17)19-16(20)8-12(2)13-4-3-7-18-10-13;/h5-6,9,12-13,18H,3-4,7-8,10H2,1-2H3,(H,19,20);1H. The van der Waals surface area contributed by atoms with Crippen LogP contribution in [-0.4, -0.2) is 19.0 Å². The molecule has 0 bridgehead atoms. The zero-order valence-corrected chi connectivity index (χ0v) is 15.6. The summed E-state index contributed by atoms with van der Waals surface area (Å²) >= 11 is 2.30. The van der Waals surface area contributed by atoms with Crippen molar-refractivity contribution in [2.75, 3.05) is 18.4 Å². The van der Waals surface area contributed by atoms with Gasteiger partial charge >= 0.3 is 0 Å². The molecule has 1 aromatic rings. The van der Waals surface area contributed by atoms with Crippen molar-refractivity contribution in [3.8, 4) is 0 Å². The van der Waals surface area contributed by atoms with Crippen molar-refractivity contribution in [2.45, 2.75) is 33.1 Å². The van der Waals surface area contributed by atoms with Crippen molar-refractivity contribution in [2.24, 2.45) is 11.8 Å². The Hall–Kier alpha value is -0.330. The van der Waals surface area contributed by atoms with E-state index in [0.717, 1.165) is 18.8 Å². The molecular formula is C16H24ClIN2O. The molecule has 2 atom stereocenters. The lowest BCUT2D eigenvalue weighted by Gasteiger charge is -2.28. The SMILES string of the molecule is Cc1ccc(NC(=O)CC(C)C2CCCNC2)cc1I.Cl. The second-order valence-corrected chi connectivity index (χ2v) is 6.96. The molecule has 21 heavy (non-hydrogen) atoms. The largest absolute Gasteiger partial charge is 0.326 e. The monoisotopic (exact) mass is 422 g/mol. The number of amides is 1. The number of anilines is 1. The Kier molecular flexibility index (Phi) is 7.98. The van der Waals surface area contributed by atoms with Crippen LogP contribution >= 0.6 is 35.0 Å². The average molecular weight is 423 g/mol. The highest BCUT2D eigenvalue weighted by Crippen LogP contribution is 2.23. The quantitative estimate of drug-likeness (QED) is 0.721. The molecule has 1 aliphatic rings. The summed E-state index contributed by atoms with van der Waals surface area (Å²) in [6.07, 6.45) is 3.08. The number of nitrogens with one attached hydrogen (secondary N) is 2. The van der Waals surface area contributed by atoms with Crippen LogP contribution in [0.15, 0.2) is 18.2 Å². The predicted molar refractivity (Wildman–Crippen MR) is 99.1 cm³/mol. The maximum absolute atomic E-state index is 12.1. The third kappa shape index (κ3) is 5.75. The normalized spacial score (nSPS) is 19.5. The zero-order chi connectivity index (χ0) is 14.5. The van der Waals surface area contributed by atoms with Crippen molar-refractivity contribution >= 4 is 46.6 Å². The van der Waals surface area contributed by atoms with Crippen LogP contribution < -0.4 is 10.6 Å². The first-order valence-corrected chi connectivity index (χ1v) is 8.41. The van der Waals surface area contributed by atoms with Crippen LogP contribution in [0.5, 0.6) is 0 Å². The van der Waals surface area contributed by atoms with Crippen molar-refractivity contribution in [3.63, 3.8) is 0 Å². The maximum atomic E-state index is 12.1. The van der Waals surface area contributed by atoms with E-state index in [1.165, 1.54) is 22.0 Å². The molecule has 118 valence electrons. The van der Waals surface area contributed by atoms with Gasteiger partial charge in [-0.1, -0.05) is 13.0 Å². The lowest BCUT2D eigenvalue weighted by atomic mass is 9.85. The first-order valence-electron chi connectivity index (χ1n) is 7.33. The van der Waals surface area contributed by atoms with Gasteiger partial charge < -0.3 is 10.6 Å². The van der Waals surface area contributed by atoms with Gasteiger partial charge in [-0.25, -0.2) is 0 Å². The van der Waals surface area contributed by atoms with Gasteiger partial charge in [0.05, 0.1) is 0 Å². The minimum atomic E-state index is 0. The van der Waals surface area contributed by atoms with Gasteiger partial charge in [0, 0.05) is 15.7 Å². The number of rotatable bonds is 4. The molecule has 1 saturated heterocycles. The van der Waals surface area contributed by atoms with E-state index in [1.807, 2.05) is 18.2 Å². The van der Waals surface area contributed by atoms with Gasteiger partial charge in [-0.15, -0.1) is 12.4 Å². The fourth-order valence-corrected chi connectivity index (χ4v) is 3.22. The predicted octanol–water partition coefficient (Wildman–Crippen LogP) is 3.99. The molecule has 1 heterocycles. The Bertz CT molecular complexity index is 475. The number of carbonyl (C=O) groups is 1. The molecule has 0 aliphatic carbocycles. The van der Waals surface area contributed by atoms with Gasteiger partial charge in [-0.3, -0.25) is 4.79 Å². The zero-order valence-electron chi connectivity index (χ0n) is 12.6. The Morgan fingerprint density at radius 3 is 2.90 bits per heavy atom. The third-order valence-electron chi connectivity index (χ3n) is 4.10.